The maximum absolute atomic E-state index is 13.1. The van der Waals surface area contributed by atoms with E-state index in [0.29, 0.717) is 5.39 Å². The number of nitrogens with zero attached hydrogens (tertiary/aromatic N) is 6. The summed E-state index contributed by atoms with van der Waals surface area (Å²) >= 11 is 0. The van der Waals surface area contributed by atoms with Gasteiger partial charge >= 0.3 is 16.1 Å². The highest BCUT2D eigenvalue weighted by Gasteiger charge is 2.49. The van der Waals surface area contributed by atoms with E-state index < -0.39 is 77.8 Å². The molecular formula is C21H27N9O12P2. The van der Waals surface area contributed by atoms with Crippen molar-refractivity contribution < 1.29 is 52.2 Å². The molecule has 23 heteroatoms. The molecule has 2 fully saturated rings. The molecule has 9 N–H and O–H groups in total. The van der Waals surface area contributed by atoms with Gasteiger partial charge in [-0.15, -0.1) is 0 Å². The third-order valence-electron chi connectivity index (χ3n) is 7.10. The number of anilines is 2. The SMILES string of the molecule is Nc1nc2c(ncn2[C@@H]2O[C@H](CO)CC2OP(=O)(O)OC[C@H]2O[C@@H](n3ccc4c(N)ncnc43)[C@H](O)C2O[PH](=O)O)c(=O)[nH]1. The summed E-state index contributed by atoms with van der Waals surface area (Å²) in [6.07, 6.45) is -4.99. The number of rotatable bonds is 10. The van der Waals surface area contributed by atoms with Crippen LogP contribution < -0.4 is 17.0 Å². The van der Waals surface area contributed by atoms with Gasteiger partial charge in [0.15, 0.2) is 23.6 Å². The Bertz CT molecular complexity index is 1820. The highest BCUT2D eigenvalue weighted by molar-refractivity contribution is 7.47. The maximum Gasteiger partial charge on any atom is 0.472 e. The molecule has 6 rings (SSSR count). The minimum Gasteiger partial charge on any atom is -0.394 e. The zero-order valence-electron chi connectivity index (χ0n) is 22.3. The number of nitrogens with two attached hydrogens (primary N) is 2. The third kappa shape index (κ3) is 5.75. The molecule has 0 aliphatic carbocycles. The fourth-order valence-electron chi connectivity index (χ4n) is 5.21. The van der Waals surface area contributed by atoms with E-state index in [4.69, 9.17) is 34.5 Å². The Hall–Kier alpha value is -3.33. The molecular weight excluding hydrogens is 632 g/mol. The standard InChI is InChI=1S/C21H27N9O12P2/c22-15-9-1-2-29(16(9)25-6-24-15)20-13(32)14(41-43(34)35)11(40-20)5-38-44(36,37)42-10-3-8(4-31)39-19(10)30-7-26-12-17(30)27-21(23)28-18(12)33/h1-2,6-8,10-11,13-14,19-20,31-32,43H,3-5H2,(H,34,35)(H,36,37)(H2,22,24,25)(H3,23,27,28,33)/t8-,10?,11+,13+,14?,19+,20+/m0/s1. The summed E-state index contributed by atoms with van der Waals surface area (Å²) < 4.78 is 54.6. The Kier molecular flexibility index (Phi) is 8.28. The van der Waals surface area contributed by atoms with Crippen LogP contribution in [0.15, 0.2) is 29.7 Å². The maximum atomic E-state index is 13.1. The number of fused-ring (bicyclic) bond motifs is 2. The Morgan fingerprint density at radius 2 is 1.98 bits per heavy atom. The van der Waals surface area contributed by atoms with Crippen molar-refractivity contribution in [1.29, 1.82) is 0 Å². The fourth-order valence-corrected chi connectivity index (χ4v) is 6.67. The quantitative estimate of drug-likeness (QED) is 0.0956. The van der Waals surface area contributed by atoms with Crippen molar-refractivity contribution in [3.63, 3.8) is 0 Å². The van der Waals surface area contributed by atoms with Crippen LogP contribution in [0.4, 0.5) is 11.8 Å². The van der Waals surface area contributed by atoms with E-state index in [1.807, 2.05) is 0 Å². The first-order valence-electron chi connectivity index (χ1n) is 12.9. The van der Waals surface area contributed by atoms with Crippen molar-refractivity contribution in [3.05, 3.63) is 35.3 Å². The molecule has 0 amide bonds. The minimum atomic E-state index is -4.96. The highest BCUT2D eigenvalue weighted by Crippen LogP contribution is 2.50. The smallest absolute Gasteiger partial charge is 0.394 e. The molecule has 44 heavy (non-hydrogen) atoms. The van der Waals surface area contributed by atoms with Gasteiger partial charge in [0.1, 0.15) is 42.2 Å². The molecule has 4 aromatic heterocycles. The number of hydrogen-bond donors (Lipinski definition) is 7. The van der Waals surface area contributed by atoms with Crippen molar-refractivity contribution >= 4 is 50.0 Å². The number of hydrogen-bond acceptors (Lipinski definition) is 16. The van der Waals surface area contributed by atoms with Crippen LogP contribution in [0, 0.1) is 0 Å². The van der Waals surface area contributed by atoms with Gasteiger partial charge in [0.05, 0.1) is 31.0 Å². The zero-order valence-corrected chi connectivity index (χ0v) is 24.2. The van der Waals surface area contributed by atoms with Gasteiger partial charge in [-0.1, -0.05) is 0 Å². The van der Waals surface area contributed by atoms with Gasteiger partial charge in [-0.3, -0.25) is 28.0 Å². The van der Waals surface area contributed by atoms with Crippen molar-refractivity contribution in [2.45, 2.75) is 49.4 Å². The van der Waals surface area contributed by atoms with Crippen LogP contribution in [0.25, 0.3) is 22.2 Å². The Labute approximate surface area is 245 Å². The molecule has 0 radical (unpaired) electrons. The molecule has 6 heterocycles. The topological polar surface area (TPSA) is 308 Å². The number of H-pyrrole nitrogens is 1. The minimum absolute atomic E-state index is 0.000273. The monoisotopic (exact) mass is 659 g/mol. The number of nitrogen functional groups attached to an aromatic ring is 2. The lowest BCUT2D eigenvalue weighted by molar-refractivity contribution is -0.0607. The molecule has 2 aliphatic heterocycles. The van der Waals surface area contributed by atoms with Crippen LogP contribution >= 0.6 is 16.1 Å². The van der Waals surface area contributed by atoms with Crippen LogP contribution in [0.5, 0.6) is 0 Å². The lowest BCUT2D eigenvalue weighted by Gasteiger charge is -2.24. The predicted molar refractivity (Wildman–Crippen MR) is 147 cm³/mol. The molecule has 9 atom stereocenters. The number of aromatic nitrogens is 7. The van der Waals surface area contributed by atoms with Crippen LogP contribution in [-0.2, 0) is 32.2 Å². The number of ether oxygens (including phenoxy) is 2. The second kappa shape index (κ2) is 11.9. The van der Waals surface area contributed by atoms with E-state index in [0.717, 1.165) is 0 Å². The first kappa shape index (κ1) is 30.7. The van der Waals surface area contributed by atoms with Gasteiger partial charge < -0.3 is 50.0 Å². The van der Waals surface area contributed by atoms with Crippen molar-refractivity contribution in [2.24, 2.45) is 0 Å². The summed E-state index contributed by atoms with van der Waals surface area (Å²) in [7, 11) is -8.57. The number of aromatic amines is 1. The number of phosphoric ester groups is 1. The molecule has 0 saturated carbocycles. The van der Waals surface area contributed by atoms with Gasteiger partial charge in [0.2, 0.25) is 5.95 Å². The lowest BCUT2D eigenvalue weighted by Crippen LogP contribution is -2.35. The number of aliphatic hydroxyl groups excluding tert-OH is 2. The Morgan fingerprint density at radius 3 is 2.73 bits per heavy atom. The van der Waals surface area contributed by atoms with Gasteiger partial charge in [-0.25, -0.2) is 19.5 Å². The molecule has 4 unspecified atom stereocenters. The molecule has 2 saturated heterocycles. The van der Waals surface area contributed by atoms with Crippen molar-refractivity contribution in [3.8, 4) is 0 Å². The van der Waals surface area contributed by atoms with Crippen LogP contribution in [0.2, 0.25) is 0 Å². The second-order valence-electron chi connectivity index (χ2n) is 9.87. The van der Waals surface area contributed by atoms with Crippen LogP contribution in [0.3, 0.4) is 0 Å². The molecule has 2 aliphatic rings. The molecule has 21 nitrogen and oxygen atoms in total. The fraction of sp³-hybridized carbons (Fsp3) is 0.476. The average Bonchev–Trinajstić information content (AvgIpc) is 3.73. The van der Waals surface area contributed by atoms with E-state index >= 15 is 0 Å². The molecule has 4 aromatic rings. The number of nitrogens with one attached hydrogen (secondary N) is 1. The number of imidazole rings is 1. The normalized spacial score (nSPS) is 29.4. The van der Waals surface area contributed by atoms with Gasteiger partial charge in [-0.2, -0.15) is 4.98 Å². The van der Waals surface area contributed by atoms with E-state index in [1.54, 1.807) is 6.07 Å². The summed E-state index contributed by atoms with van der Waals surface area (Å²) in [6.45, 7) is -1.20. The first-order chi connectivity index (χ1) is 21.0. The van der Waals surface area contributed by atoms with Gasteiger partial charge in [0.25, 0.3) is 5.56 Å². The Balaban J connectivity index is 1.20. The van der Waals surface area contributed by atoms with E-state index in [-0.39, 0.29) is 35.0 Å². The molecule has 0 bridgehead atoms. The van der Waals surface area contributed by atoms with E-state index in [1.165, 1.54) is 28.0 Å². The summed E-state index contributed by atoms with van der Waals surface area (Å²) in [5.41, 5.74) is 11.1. The van der Waals surface area contributed by atoms with Crippen LogP contribution in [-0.4, -0.2) is 97.8 Å². The summed E-state index contributed by atoms with van der Waals surface area (Å²) in [5, 5.41) is 21.1. The van der Waals surface area contributed by atoms with Crippen molar-refractivity contribution in [2.75, 3.05) is 24.7 Å². The van der Waals surface area contributed by atoms with Crippen LogP contribution in [0.1, 0.15) is 18.9 Å². The average molecular weight is 659 g/mol. The Morgan fingerprint density at radius 1 is 1.18 bits per heavy atom. The third-order valence-corrected chi connectivity index (χ3v) is 8.59. The second-order valence-corrected chi connectivity index (χ2v) is 12.0. The van der Waals surface area contributed by atoms with Crippen molar-refractivity contribution in [1.82, 2.24) is 34.1 Å². The largest absolute Gasteiger partial charge is 0.472 e. The van der Waals surface area contributed by atoms with E-state index in [9.17, 15) is 33.9 Å². The zero-order chi connectivity index (χ0) is 31.3. The number of phosphoric acid groups is 1. The summed E-state index contributed by atoms with van der Waals surface area (Å²) in [4.78, 5) is 50.7. The van der Waals surface area contributed by atoms with Gasteiger partial charge in [-0.05, 0) is 6.07 Å². The highest BCUT2D eigenvalue weighted by atomic mass is 31.2. The first-order valence-corrected chi connectivity index (χ1v) is 15.7. The lowest BCUT2D eigenvalue weighted by atomic mass is 10.1. The summed E-state index contributed by atoms with van der Waals surface area (Å²) in [6, 6.07) is 1.58. The van der Waals surface area contributed by atoms with Gasteiger partial charge in [0, 0.05) is 12.6 Å². The molecule has 0 aromatic carbocycles. The van der Waals surface area contributed by atoms with E-state index in [2.05, 4.69) is 24.9 Å². The molecule has 238 valence electrons. The predicted octanol–water partition coefficient (Wildman–Crippen LogP) is -1.46. The summed E-state index contributed by atoms with van der Waals surface area (Å²) in [5.74, 6) is -0.0437. The molecule has 0 spiro atoms. The number of aliphatic hydroxyl groups is 2.